The third-order valence-electron chi connectivity index (χ3n) is 7.64. The molecule has 2 aliphatic heterocycles. The van der Waals surface area contributed by atoms with Gasteiger partial charge in [0.05, 0.1) is 18.6 Å². The molecule has 3 rings (SSSR count). The molecule has 1 aromatic rings. The van der Waals surface area contributed by atoms with Crippen LogP contribution in [0.1, 0.15) is 69.9 Å². The zero-order valence-corrected chi connectivity index (χ0v) is 23.5. The minimum atomic E-state index is -3.69. The molecule has 2 fully saturated rings. The summed E-state index contributed by atoms with van der Waals surface area (Å²) in [6.07, 6.45) is 7.19. The van der Waals surface area contributed by atoms with E-state index in [1.807, 2.05) is 0 Å². The maximum absolute atomic E-state index is 13.6. The summed E-state index contributed by atoms with van der Waals surface area (Å²) in [7, 11) is -2.12. The first-order valence-electron chi connectivity index (χ1n) is 13.4. The molecule has 0 aromatic heterocycles. The quantitative estimate of drug-likeness (QED) is 0.446. The first kappa shape index (κ1) is 28.9. The number of hydrogen-bond donors (Lipinski definition) is 1. The minimum Gasteiger partial charge on any atom is -0.497 e. The van der Waals surface area contributed by atoms with E-state index in [-0.39, 0.29) is 25.2 Å². The largest absolute Gasteiger partial charge is 0.497 e. The van der Waals surface area contributed by atoms with Gasteiger partial charge in [0.25, 0.3) is 0 Å². The first-order chi connectivity index (χ1) is 17.1. The van der Waals surface area contributed by atoms with Crippen LogP contribution < -0.4 is 10.1 Å². The predicted octanol–water partition coefficient (Wildman–Crippen LogP) is 3.64. The second kappa shape index (κ2) is 13.2. The minimum absolute atomic E-state index is 0.0541. The SMILES string of the molecule is COc1cc(C)c(S(=O)(=O)N2CCCCC2COCC(=O)NCCCN2C(C)CCCC2C)c(C)c1. The van der Waals surface area contributed by atoms with E-state index < -0.39 is 10.0 Å². The number of nitrogens with one attached hydrogen (secondary N) is 1. The van der Waals surface area contributed by atoms with Crippen LogP contribution in [0.25, 0.3) is 0 Å². The summed E-state index contributed by atoms with van der Waals surface area (Å²) >= 11 is 0. The van der Waals surface area contributed by atoms with Crippen LogP contribution >= 0.6 is 0 Å². The Bertz CT molecular complexity index is 951. The fourth-order valence-electron chi connectivity index (χ4n) is 5.75. The Hall–Kier alpha value is -1.68. The van der Waals surface area contributed by atoms with E-state index in [2.05, 4.69) is 24.1 Å². The topological polar surface area (TPSA) is 88.2 Å². The highest BCUT2D eigenvalue weighted by Crippen LogP contribution is 2.32. The van der Waals surface area contributed by atoms with Gasteiger partial charge in [0.1, 0.15) is 12.4 Å². The third-order valence-corrected chi connectivity index (χ3v) is 9.90. The smallest absolute Gasteiger partial charge is 0.245 e. The Kier molecular flexibility index (Phi) is 10.6. The fraction of sp³-hybridized carbons (Fsp3) is 0.741. The lowest BCUT2D eigenvalue weighted by Gasteiger charge is -2.39. The van der Waals surface area contributed by atoms with Gasteiger partial charge in [0.15, 0.2) is 0 Å². The lowest BCUT2D eigenvalue weighted by atomic mass is 9.97. The van der Waals surface area contributed by atoms with Crippen LogP contribution in [0.2, 0.25) is 0 Å². The summed E-state index contributed by atoms with van der Waals surface area (Å²) in [5.41, 5.74) is 1.34. The van der Waals surface area contributed by atoms with Gasteiger partial charge in [-0.05, 0) is 83.1 Å². The summed E-state index contributed by atoms with van der Waals surface area (Å²) in [5, 5.41) is 2.95. The van der Waals surface area contributed by atoms with Crippen molar-refractivity contribution in [2.45, 2.75) is 95.7 Å². The molecule has 3 unspecified atom stereocenters. The standard InChI is InChI=1S/C27H45N3O5S/c1-20-16-25(34-5)17-21(2)27(20)36(32,33)30-15-7-6-12-24(30)18-35-19-26(31)28-13-9-14-29-22(3)10-8-11-23(29)4/h16-17,22-24H,6-15,18-19H2,1-5H3,(H,28,31). The maximum Gasteiger partial charge on any atom is 0.245 e. The molecule has 2 heterocycles. The van der Waals surface area contributed by atoms with Crippen LogP contribution in [0, 0.1) is 13.8 Å². The number of rotatable bonds is 11. The summed E-state index contributed by atoms with van der Waals surface area (Å²) in [6, 6.07) is 4.44. The number of piperidine rings is 2. The molecule has 0 aliphatic carbocycles. The van der Waals surface area contributed by atoms with Crippen molar-refractivity contribution < 1.29 is 22.7 Å². The normalized spacial score (nSPS) is 24.0. The van der Waals surface area contributed by atoms with Crippen molar-refractivity contribution in [2.75, 3.05) is 40.0 Å². The van der Waals surface area contributed by atoms with Gasteiger partial charge in [-0.3, -0.25) is 9.69 Å². The van der Waals surface area contributed by atoms with Crippen LogP contribution in [-0.2, 0) is 19.6 Å². The van der Waals surface area contributed by atoms with Gasteiger partial charge < -0.3 is 14.8 Å². The Labute approximate surface area is 217 Å². The van der Waals surface area contributed by atoms with E-state index in [4.69, 9.17) is 9.47 Å². The molecule has 36 heavy (non-hydrogen) atoms. The second-order valence-electron chi connectivity index (χ2n) is 10.4. The van der Waals surface area contributed by atoms with E-state index in [0.717, 1.165) is 32.2 Å². The fourth-order valence-corrected chi connectivity index (χ4v) is 7.85. The van der Waals surface area contributed by atoms with E-state index in [1.165, 1.54) is 19.3 Å². The van der Waals surface area contributed by atoms with Crippen molar-refractivity contribution in [1.29, 1.82) is 0 Å². The van der Waals surface area contributed by atoms with Crippen LogP contribution in [0.15, 0.2) is 17.0 Å². The molecule has 2 saturated heterocycles. The number of sulfonamides is 1. The van der Waals surface area contributed by atoms with E-state index >= 15 is 0 Å². The van der Waals surface area contributed by atoms with Crippen molar-refractivity contribution in [3.05, 3.63) is 23.3 Å². The van der Waals surface area contributed by atoms with Crippen LogP contribution in [0.3, 0.4) is 0 Å². The molecule has 0 bridgehead atoms. The molecule has 1 amide bonds. The average Bonchev–Trinajstić information content (AvgIpc) is 2.83. The molecule has 0 saturated carbocycles. The number of methoxy groups -OCH3 is 1. The van der Waals surface area contributed by atoms with Crippen molar-refractivity contribution in [3.8, 4) is 5.75 Å². The summed E-state index contributed by atoms with van der Waals surface area (Å²) in [5.74, 6) is 0.496. The summed E-state index contributed by atoms with van der Waals surface area (Å²) < 4.78 is 39.9. The number of ether oxygens (including phenoxy) is 2. The molecule has 2 aliphatic rings. The molecule has 9 heteroatoms. The van der Waals surface area contributed by atoms with Gasteiger partial charge in [-0.15, -0.1) is 0 Å². The average molecular weight is 524 g/mol. The molecule has 0 spiro atoms. The van der Waals surface area contributed by atoms with Gasteiger partial charge in [0, 0.05) is 37.8 Å². The number of carbonyl (C=O) groups excluding carboxylic acids is 1. The van der Waals surface area contributed by atoms with Crippen LogP contribution in [0.4, 0.5) is 0 Å². The molecule has 8 nitrogen and oxygen atoms in total. The monoisotopic (exact) mass is 523 g/mol. The molecule has 1 N–H and O–H groups in total. The molecule has 1 aromatic carbocycles. The Balaban J connectivity index is 1.49. The molecule has 204 valence electrons. The summed E-state index contributed by atoms with van der Waals surface area (Å²) in [4.78, 5) is 15.2. The molecule has 3 atom stereocenters. The lowest BCUT2D eigenvalue weighted by Crippen LogP contribution is -2.46. The van der Waals surface area contributed by atoms with Crippen LogP contribution in [-0.4, -0.2) is 81.6 Å². The predicted molar refractivity (Wildman–Crippen MR) is 142 cm³/mol. The van der Waals surface area contributed by atoms with E-state index in [0.29, 0.717) is 46.9 Å². The second-order valence-corrected chi connectivity index (χ2v) is 12.3. The Morgan fingerprint density at radius 1 is 1.06 bits per heavy atom. The number of amides is 1. The van der Waals surface area contributed by atoms with Gasteiger partial charge in [-0.1, -0.05) is 12.8 Å². The summed E-state index contributed by atoms with van der Waals surface area (Å²) in [6.45, 7) is 10.4. The number of nitrogens with zero attached hydrogens (tertiary/aromatic N) is 2. The first-order valence-corrected chi connectivity index (χ1v) is 14.9. The van der Waals surface area contributed by atoms with E-state index in [9.17, 15) is 13.2 Å². The number of hydrogen-bond acceptors (Lipinski definition) is 6. The van der Waals surface area contributed by atoms with Gasteiger partial charge in [0.2, 0.25) is 15.9 Å². The maximum atomic E-state index is 13.6. The van der Waals surface area contributed by atoms with Crippen molar-refractivity contribution >= 4 is 15.9 Å². The highest BCUT2D eigenvalue weighted by Gasteiger charge is 2.35. The van der Waals surface area contributed by atoms with Gasteiger partial charge in [-0.25, -0.2) is 8.42 Å². The number of benzene rings is 1. The highest BCUT2D eigenvalue weighted by atomic mass is 32.2. The number of likely N-dealkylation sites (tertiary alicyclic amines) is 1. The van der Waals surface area contributed by atoms with Crippen LogP contribution in [0.5, 0.6) is 5.75 Å². The number of carbonyl (C=O) groups is 1. The zero-order valence-electron chi connectivity index (χ0n) is 22.7. The molecular formula is C27H45N3O5S. The van der Waals surface area contributed by atoms with Gasteiger partial charge >= 0.3 is 0 Å². The van der Waals surface area contributed by atoms with Crippen molar-refractivity contribution in [3.63, 3.8) is 0 Å². The molecule has 0 radical (unpaired) electrons. The lowest BCUT2D eigenvalue weighted by molar-refractivity contribution is -0.126. The number of aryl methyl sites for hydroxylation is 2. The van der Waals surface area contributed by atoms with E-state index in [1.54, 1.807) is 37.4 Å². The molecular weight excluding hydrogens is 478 g/mol. The van der Waals surface area contributed by atoms with Crippen molar-refractivity contribution in [2.24, 2.45) is 0 Å². The van der Waals surface area contributed by atoms with Crippen molar-refractivity contribution in [1.82, 2.24) is 14.5 Å². The zero-order chi connectivity index (χ0) is 26.3. The Morgan fingerprint density at radius 2 is 1.72 bits per heavy atom. The highest BCUT2D eigenvalue weighted by molar-refractivity contribution is 7.89. The Morgan fingerprint density at radius 3 is 2.36 bits per heavy atom. The van der Waals surface area contributed by atoms with Gasteiger partial charge in [-0.2, -0.15) is 4.31 Å². The third kappa shape index (κ3) is 7.21.